The van der Waals surface area contributed by atoms with Crippen molar-refractivity contribution < 1.29 is 23.3 Å². The van der Waals surface area contributed by atoms with Crippen LogP contribution < -0.4 is 14.8 Å². The van der Waals surface area contributed by atoms with Gasteiger partial charge in [0.2, 0.25) is 0 Å². The number of rotatable bonds is 8. The number of methoxy groups -OCH3 is 2. The Bertz CT molecular complexity index is 1080. The Kier molecular flexibility index (Phi) is 6.86. The van der Waals surface area contributed by atoms with Crippen LogP contribution in [0.25, 0.3) is 0 Å². The van der Waals surface area contributed by atoms with Crippen molar-refractivity contribution in [1.82, 2.24) is 0 Å². The molecule has 6 heteroatoms. The van der Waals surface area contributed by atoms with E-state index in [1.165, 1.54) is 12.1 Å². The van der Waals surface area contributed by atoms with E-state index in [4.69, 9.17) is 18.9 Å². The third-order valence-electron chi connectivity index (χ3n) is 5.88. The number of hydrogen-bond acceptors (Lipinski definition) is 5. The fourth-order valence-electron chi connectivity index (χ4n) is 4.14. The minimum absolute atomic E-state index is 0.264. The van der Waals surface area contributed by atoms with E-state index in [-0.39, 0.29) is 24.6 Å². The highest BCUT2D eigenvalue weighted by Crippen LogP contribution is 2.44. The number of ether oxygens (including phenoxy) is 4. The number of halogens is 1. The number of nitrogens with one attached hydrogen (secondary N) is 1. The van der Waals surface area contributed by atoms with Crippen molar-refractivity contribution in [2.75, 3.05) is 19.5 Å². The van der Waals surface area contributed by atoms with Gasteiger partial charge in [-0.25, -0.2) is 4.39 Å². The van der Waals surface area contributed by atoms with Crippen LogP contribution >= 0.6 is 0 Å². The summed E-state index contributed by atoms with van der Waals surface area (Å²) in [4.78, 5) is 0. The molecule has 3 aromatic carbocycles. The first-order valence-corrected chi connectivity index (χ1v) is 11.0. The minimum atomic E-state index is -0.626. The Hall–Kier alpha value is -3.09. The van der Waals surface area contributed by atoms with Gasteiger partial charge in [-0.05, 0) is 67.4 Å². The number of benzene rings is 3. The largest absolute Gasteiger partial charge is 0.497 e. The van der Waals surface area contributed by atoms with Crippen LogP contribution in [0, 0.1) is 5.82 Å². The Morgan fingerprint density at radius 2 is 1.76 bits per heavy atom. The molecule has 0 spiro atoms. The second kappa shape index (κ2) is 9.81. The molecule has 0 bridgehead atoms. The lowest BCUT2D eigenvalue weighted by Crippen LogP contribution is -2.50. The molecular weight excluding hydrogens is 421 g/mol. The molecule has 33 heavy (non-hydrogen) atoms. The van der Waals surface area contributed by atoms with Gasteiger partial charge in [0.15, 0.2) is 0 Å². The molecule has 0 aromatic heterocycles. The van der Waals surface area contributed by atoms with Gasteiger partial charge < -0.3 is 24.3 Å². The summed E-state index contributed by atoms with van der Waals surface area (Å²) < 4.78 is 37.2. The molecule has 0 amide bonds. The van der Waals surface area contributed by atoms with E-state index < -0.39 is 5.60 Å². The maximum Gasteiger partial charge on any atom is 0.132 e. The second-order valence-electron chi connectivity index (χ2n) is 8.68. The van der Waals surface area contributed by atoms with Crippen LogP contribution in [-0.2, 0) is 22.6 Å². The molecular formula is C27H30FNO4. The molecule has 1 heterocycles. The summed E-state index contributed by atoms with van der Waals surface area (Å²) in [5.41, 5.74) is 3.16. The van der Waals surface area contributed by atoms with Crippen LogP contribution in [-0.4, -0.2) is 25.9 Å². The van der Waals surface area contributed by atoms with Crippen LogP contribution in [0.3, 0.4) is 0 Å². The highest BCUT2D eigenvalue weighted by Gasteiger charge is 2.45. The normalized spacial score (nSPS) is 18.8. The molecule has 0 aliphatic carbocycles. The molecule has 0 radical (unpaired) electrons. The summed E-state index contributed by atoms with van der Waals surface area (Å²) in [6, 6.07) is 20.4. The van der Waals surface area contributed by atoms with Gasteiger partial charge in [0.1, 0.15) is 35.1 Å². The van der Waals surface area contributed by atoms with Gasteiger partial charge in [-0.15, -0.1) is 0 Å². The van der Waals surface area contributed by atoms with Crippen LogP contribution in [0.4, 0.5) is 10.1 Å². The van der Waals surface area contributed by atoms with E-state index in [9.17, 15) is 4.39 Å². The SMILES string of the molecule is COc1ccc(CNc2ccc3c(c2)C(OC)C(OCc2cccc(F)c2)C(C)(C)O3)cc1. The van der Waals surface area contributed by atoms with E-state index in [1.807, 2.05) is 62.4 Å². The fraction of sp³-hybridized carbons (Fsp3) is 0.333. The van der Waals surface area contributed by atoms with Crippen LogP contribution in [0.5, 0.6) is 11.5 Å². The first-order valence-electron chi connectivity index (χ1n) is 11.0. The highest BCUT2D eigenvalue weighted by molar-refractivity contribution is 5.54. The zero-order valence-corrected chi connectivity index (χ0v) is 19.4. The average molecular weight is 452 g/mol. The Labute approximate surface area is 194 Å². The summed E-state index contributed by atoms with van der Waals surface area (Å²) in [5.74, 6) is 1.32. The van der Waals surface area contributed by atoms with E-state index in [1.54, 1.807) is 20.3 Å². The van der Waals surface area contributed by atoms with Crippen LogP contribution in [0.1, 0.15) is 36.6 Å². The van der Waals surface area contributed by atoms with Crippen LogP contribution in [0.2, 0.25) is 0 Å². The Morgan fingerprint density at radius 3 is 2.45 bits per heavy atom. The van der Waals surface area contributed by atoms with Crippen molar-refractivity contribution in [2.24, 2.45) is 0 Å². The summed E-state index contributed by atoms with van der Waals surface area (Å²) in [6.07, 6.45) is -0.713. The summed E-state index contributed by atoms with van der Waals surface area (Å²) in [6.45, 7) is 4.90. The molecule has 3 aromatic rings. The lowest BCUT2D eigenvalue weighted by atomic mass is 9.88. The summed E-state index contributed by atoms with van der Waals surface area (Å²) in [7, 11) is 3.33. The summed E-state index contributed by atoms with van der Waals surface area (Å²) >= 11 is 0. The zero-order valence-electron chi connectivity index (χ0n) is 19.4. The third-order valence-corrected chi connectivity index (χ3v) is 5.88. The van der Waals surface area contributed by atoms with Gasteiger partial charge in [-0.1, -0.05) is 24.3 Å². The van der Waals surface area contributed by atoms with Gasteiger partial charge in [0.05, 0.1) is 13.7 Å². The molecule has 0 fully saturated rings. The fourth-order valence-corrected chi connectivity index (χ4v) is 4.14. The van der Waals surface area contributed by atoms with Crippen molar-refractivity contribution in [3.05, 3.63) is 89.2 Å². The summed E-state index contributed by atoms with van der Waals surface area (Å²) in [5, 5.41) is 3.46. The molecule has 0 saturated heterocycles. The van der Waals surface area contributed by atoms with Gasteiger partial charge in [0, 0.05) is 24.9 Å². The standard InChI is InChI=1S/C27H30FNO4/c1-27(2)26(32-17-19-6-5-7-20(28)14-19)25(31-4)23-15-21(10-13-24(23)33-27)29-16-18-8-11-22(30-3)12-9-18/h5-15,25-26,29H,16-17H2,1-4H3. The molecule has 174 valence electrons. The van der Waals surface area contributed by atoms with Crippen LogP contribution in [0.15, 0.2) is 66.7 Å². The smallest absolute Gasteiger partial charge is 0.132 e. The molecule has 1 aliphatic rings. The van der Waals surface area contributed by atoms with E-state index in [0.717, 1.165) is 33.9 Å². The van der Waals surface area contributed by atoms with Crippen molar-refractivity contribution >= 4 is 5.69 Å². The predicted molar refractivity (Wildman–Crippen MR) is 126 cm³/mol. The first-order chi connectivity index (χ1) is 15.9. The van der Waals surface area contributed by atoms with Gasteiger partial charge in [-0.3, -0.25) is 0 Å². The van der Waals surface area contributed by atoms with Crippen molar-refractivity contribution in [1.29, 1.82) is 0 Å². The van der Waals surface area contributed by atoms with E-state index in [2.05, 4.69) is 5.32 Å². The molecule has 2 unspecified atom stereocenters. The topological polar surface area (TPSA) is 49.0 Å². The predicted octanol–water partition coefficient (Wildman–Crippen LogP) is 5.89. The van der Waals surface area contributed by atoms with E-state index >= 15 is 0 Å². The number of anilines is 1. The van der Waals surface area contributed by atoms with Crippen molar-refractivity contribution in [2.45, 2.75) is 44.8 Å². The lowest BCUT2D eigenvalue weighted by Gasteiger charge is -2.44. The van der Waals surface area contributed by atoms with Gasteiger partial charge >= 0.3 is 0 Å². The molecule has 2 atom stereocenters. The second-order valence-corrected chi connectivity index (χ2v) is 8.68. The number of fused-ring (bicyclic) bond motifs is 1. The Morgan fingerprint density at radius 1 is 0.970 bits per heavy atom. The zero-order chi connectivity index (χ0) is 23.4. The molecule has 4 rings (SSSR count). The first kappa shape index (κ1) is 23.1. The number of hydrogen-bond donors (Lipinski definition) is 1. The van der Waals surface area contributed by atoms with Crippen molar-refractivity contribution in [3.8, 4) is 11.5 Å². The maximum atomic E-state index is 13.6. The monoisotopic (exact) mass is 451 g/mol. The van der Waals surface area contributed by atoms with Gasteiger partial charge in [-0.2, -0.15) is 0 Å². The quantitative estimate of drug-likeness (QED) is 0.463. The molecule has 0 saturated carbocycles. The molecule has 1 N–H and O–H groups in total. The maximum absolute atomic E-state index is 13.6. The Balaban J connectivity index is 1.51. The van der Waals surface area contributed by atoms with Crippen molar-refractivity contribution in [3.63, 3.8) is 0 Å². The molecule has 5 nitrogen and oxygen atoms in total. The lowest BCUT2D eigenvalue weighted by molar-refractivity contribution is -0.159. The molecule has 1 aliphatic heterocycles. The third kappa shape index (κ3) is 5.29. The average Bonchev–Trinajstić information content (AvgIpc) is 2.81. The van der Waals surface area contributed by atoms with Gasteiger partial charge in [0.25, 0.3) is 0 Å². The highest BCUT2D eigenvalue weighted by atomic mass is 19.1. The van der Waals surface area contributed by atoms with E-state index in [0.29, 0.717) is 6.54 Å². The minimum Gasteiger partial charge on any atom is -0.497 e.